The number of hydrogen-bond acceptors (Lipinski definition) is 4. The molecule has 1 atom stereocenters. The minimum atomic E-state index is -2.88. The summed E-state index contributed by atoms with van der Waals surface area (Å²) in [6, 6.07) is 0. The zero-order chi connectivity index (χ0) is 12.8. The molecule has 0 aromatic heterocycles. The van der Waals surface area contributed by atoms with E-state index in [-0.39, 0.29) is 11.0 Å². The van der Waals surface area contributed by atoms with E-state index >= 15 is 0 Å². The van der Waals surface area contributed by atoms with Gasteiger partial charge in [0.1, 0.15) is 0 Å². The van der Waals surface area contributed by atoms with Gasteiger partial charge in [-0.3, -0.25) is 0 Å². The van der Waals surface area contributed by atoms with Crippen LogP contribution in [0, 0.1) is 0 Å². The van der Waals surface area contributed by atoms with Gasteiger partial charge in [-0.2, -0.15) is 0 Å². The monoisotopic (exact) mass is 275 g/mol. The van der Waals surface area contributed by atoms with Crippen molar-refractivity contribution in [3.8, 4) is 0 Å². The second kappa shape index (κ2) is 6.87. The van der Waals surface area contributed by atoms with Gasteiger partial charge in [-0.15, -0.1) is 0 Å². The summed E-state index contributed by atoms with van der Waals surface area (Å²) in [5, 5.41) is 3.15. The highest BCUT2D eigenvalue weighted by atomic mass is 32.2. The Labute approximate surface area is 110 Å². The molecule has 1 unspecified atom stereocenters. The van der Waals surface area contributed by atoms with Gasteiger partial charge in [0.25, 0.3) is 0 Å². The van der Waals surface area contributed by atoms with Crippen molar-refractivity contribution in [1.29, 1.82) is 0 Å². The smallest absolute Gasteiger partial charge is 0.154 e. The van der Waals surface area contributed by atoms with Crippen LogP contribution < -0.4 is 5.32 Å². The molecular formula is C13H25NO3S. The molecule has 1 saturated heterocycles. The molecule has 2 fully saturated rings. The van der Waals surface area contributed by atoms with Crippen LogP contribution in [-0.2, 0) is 14.6 Å². The molecule has 1 heterocycles. The highest BCUT2D eigenvalue weighted by molar-refractivity contribution is 7.92. The van der Waals surface area contributed by atoms with Crippen LogP contribution in [0.3, 0.4) is 0 Å². The van der Waals surface area contributed by atoms with Crippen LogP contribution in [0.5, 0.6) is 0 Å². The Hall–Kier alpha value is -0.130. The first kappa shape index (κ1) is 14.3. The number of rotatable bonds is 6. The minimum Gasteiger partial charge on any atom is -0.377 e. The Morgan fingerprint density at radius 3 is 2.50 bits per heavy atom. The zero-order valence-corrected chi connectivity index (χ0v) is 11.9. The average molecular weight is 275 g/mol. The molecule has 0 aromatic rings. The molecule has 2 rings (SSSR count). The molecule has 2 aliphatic rings. The maximum Gasteiger partial charge on any atom is 0.154 e. The number of sulfone groups is 1. The fourth-order valence-corrected chi connectivity index (χ4v) is 4.69. The first-order chi connectivity index (χ1) is 8.68. The van der Waals surface area contributed by atoms with E-state index < -0.39 is 9.84 Å². The summed E-state index contributed by atoms with van der Waals surface area (Å²) in [4.78, 5) is 0. The molecule has 0 amide bonds. The van der Waals surface area contributed by atoms with Crippen molar-refractivity contribution in [2.24, 2.45) is 0 Å². The summed E-state index contributed by atoms with van der Waals surface area (Å²) in [6.07, 6.45) is 7.61. The molecule has 4 nitrogen and oxygen atoms in total. The molecule has 1 aliphatic carbocycles. The quantitative estimate of drug-likeness (QED) is 0.746. The lowest BCUT2D eigenvalue weighted by molar-refractivity contribution is 0.110. The fraction of sp³-hybridized carbons (Fsp3) is 1.00. The van der Waals surface area contributed by atoms with Gasteiger partial charge in [-0.1, -0.05) is 19.3 Å². The topological polar surface area (TPSA) is 55.4 Å². The van der Waals surface area contributed by atoms with E-state index in [1.54, 1.807) is 0 Å². The second-order valence-corrected chi connectivity index (χ2v) is 7.87. The van der Waals surface area contributed by atoms with Crippen LogP contribution in [0.2, 0.25) is 0 Å². The predicted molar refractivity (Wildman–Crippen MR) is 72.5 cm³/mol. The van der Waals surface area contributed by atoms with Gasteiger partial charge in [-0.05, 0) is 25.7 Å². The van der Waals surface area contributed by atoms with Gasteiger partial charge in [-0.25, -0.2) is 8.42 Å². The molecule has 0 spiro atoms. The van der Waals surface area contributed by atoms with Crippen molar-refractivity contribution >= 4 is 9.84 Å². The van der Waals surface area contributed by atoms with E-state index in [9.17, 15) is 8.42 Å². The molecule has 18 heavy (non-hydrogen) atoms. The Morgan fingerprint density at radius 1 is 1.06 bits per heavy atom. The Balaban J connectivity index is 1.64. The summed E-state index contributed by atoms with van der Waals surface area (Å²) in [7, 11) is -2.88. The lowest BCUT2D eigenvalue weighted by Gasteiger charge is -2.21. The summed E-state index contributed by atoms with van der Waals surface area (Å²) in [5.41, 5.74) is 0. The third kappa shape index (κ3) is 4.21. The average Bonchev–Trinajstić information content (AvgIpc) is 2.89. The maximum atomic E-state index is 12.1. The van der Waals surface area contributed by atoms with Gasteiger partial charge in [0.05, 0.1) is 17.1 Å². The van der Waals surface area contributed by atoms with Gasteiger partial charge in [0.15, 0.2) is 9.84 Å². The van der Waals surface area contributed by atoms with Gasteiger partial charge in [0, 0.05) is 19.7 Å². The lowest BCUT2D eigenvalue weighted by Crippen LogP contribution is -2.34. The molecule has 1 saturated carbocycles. The van der Waals surface area contributed by atoms with Crippen LogP contribution in [0.1, 0.15) is 44.9 Å². The molecule has 1 N–H and O–H groups in total. The maximum absolute atomic E-state index is 12.1. The minimum absolute atomic E-state index is 0.0734. The number of nitrogens with one attached hydrogen (secondary N) is 1. The second-order valence-electron chi connectivity index (χ2n) is 5.47. The van der Waals surface area contributed by atoms with Crippen LogP contribution >= 0.6 is 0 Å². The molecular weight excluding hydrogens is 250 g/mol. The van der Waals surface area contributed by atoms with E-state index in [0.717, 1.165) is 51.7 Å². The first-order valence-electron chi connectivity index (χ1n) is 7.22. The lowest BCUT2D eigenvalue weighted by atomic mass is 10.0. The third-order valence-electron chi connectivity index (χ3n) is 4.02. The first-order valence-corrected chi connectivity index (χ1v) is 8.94. The van der Waals surface area contributed by atoms with Crippen molar-refractivity contribution < 1.29 is 13.2 Å². The Kier molecular flexibility index (Phi) is 5.45. The largest absolute Gasteiger partial charge is 0.377 e. The van der Waals surface area contributed by atoms with Crippen LogP contribution in [-0.4, -0.2) is 45.2 Å². The van der Waals surface area contributed by atoms with Gasteiger partial charge in [0.2, 0.25) is 0 Å². The highest BCUT2D eigenvalue weighted by Gasteiger charge is 2.26. The number of hydrogen-bond donors (Lipinski definition) is 1. The molecule has 1 aliphatic heterocycles. The zero-order valence-electron chi connectivity index (χ0n) is 11.1. The van der Waals surface area contributed by atoms with Crippen molar-refractivity contribution in [3.05, 3.63) is 0 Å². The SMILES string of the molecule is O=S(=O)(CCNCC1CCCO1)C1CCCCC1. The normalized spacial score (nSPS) is 26.6. The molecule has 106 valence electrons. The fourth-order valence-electron chi connectivity index (χ4n) is 2.87. The van der Waals surface area contributed by atoms with E-state index in [1.165, 1.54) is 6.42 Å². The van der Waals surface area contributed by atoms with Crippen LogP contribution in [0.15, 0.2) is 0 Å². The van der Waals surface area contributed by atoms with E-state index in [1.807, 2.05) is 0 Å². The summed E-state index contributed by atoms with van der Waals surface area (Å²) in [6.45, 7) is 2.21. The molecule has 0 bridgehead atoms. The standard InChI is InChI=1S/C13H25NO3S/c15-18(16,13-6-2-1-3-7-13)10-8-14-11-12-5-4-9-17-12/h12-14H,1-11H2. The summed E-state index contributed by atoms with van der Waals surface area (Å²) >= 11 is 0. The third-order valence-corrected chi connectivity index (χ3v) is 6.28. The van der Waals surface area contributed by atoms with Crippen LogP contribution in [0.4, 0.5) is 0 Å². The Morgan fingerprint density at radius 2 is 1.83 bits per heavy atom. The Bertz CT molecular complexity index is 330. The summed E-state index contributed by atoms with van der Waals surface area (Å²) in [5.74, 6) is 0.282. The molecule has 0 aromatic carbocycles. The predicted octanol–water partition coefficient (Wildman–Crippen LogP) is 1.50. The van der Waals surface area contributed by atoms with Crippen LogP contribution in [0.25, 0.3) is 0 Å². The van der Waals surface area contributed by atoms with Crippen molar-refractivity contribution in [3.63, 3.8) is 0 Å². The van der Waals surface area contributed by atoms with Crippen molar-refractivity contribution in [2.45, 2.75) is 56.3 Å². The molecule has 0 radical (unpaired) electrons. The van der Waals surface area contributed by atoms with Crippen molar-refractivity contribution in [1.82, 2.24) is 5.32 Å². The van der Waals surface area contributed by atoms with E-state index in [0.29, 0.717) is 12.6 Å². The van der Waals surface area contributed by atoms with E-state index in [2.05, 4.69) is 5.32 Å². The van der Waals surface area contributed by atoms with E-state index in [4.69, 9.17) is 4.74 Å². The molecule has 5 heteroatoms. The van der Waals surface area contributed by atoms with Crippen molar-refractivity contribution in [2.75, 3.05) is 25.4 Å². The summed E-state index contributed by atoms with van der Waals surface area (Å²) < 4.78 is 29.7. The van der Waals surface area contributed by atoms with Gasteiger partial charge >= 0.3 is 0 Å². The highest BCUT2D eigenvalue weighted by Crippen LogP contribution is 2.23. The number of ether oxygens (including phenoxy) is 1. The van der Waals surface area contributed by atoms with Gasteiger partial charge < -0.3 is 10.1 Å².